The first kappa shape index (κ1) is 20.8. The van der Waals surface area contributed by atoms with E-state index in [-0.39, 0.29) is 22.8 Å². The van der Waals surface area contributed by atoms with Crippen molar-refractivity contribution in [3.8, 4) is 22.7 Å². The number of hydrogen-bond acceptors (Lipinski definition) is 3. The molecule has 5 rings (SSSR count). The number of ether oxygens (including phenoxy) is 1. The number of carbonyl (C=O) groups is 1. The van der Waals surface area contributed by atoms with Gasteiger partial charge in [-0.2, -0.15) is 5.10 Å². The topological polar surface area (TPSA) is 47.4 Å². The van der Waals surface area contributed by atoms with E-state index < -0.39 is 0 Å². The van der Waals surface area contributed by atoms with Crippen molar-refractivity contribution >= 4 is 5.91 Å². The predicted molar refractivity (Wildman–Crippen MR) is 126 cm³/mol. The highest BCUT2D eigenvalue weighted by atomic mass is 16.5. The van der Waals surface area contributed by atoms with Crippen LogP contribution in [0.1, 0.15) is 50.5 Å². The van der Waals surface area contributed by atoms with Crippen molar-refractivity contribution in [3.05, 3.63) is 66.4 Å². The second-order valence-corrected chi connectivity index (χ2v) is 10.5. The quantitative estimate of drug-likeness (QED) is 0.543. The highest BCUT2D eigenvalue weighted by molar-refractivity contribution is 5.95. The van der Waals surface area contributed by atoms with Crippen LogP contribution in [0.25, 0.3) is 16.9 Å². The lowest BCUT2D eigenvalue weighted by Gasteiger charge is -2.39. The maximum Gasteiger partial charge on any atom is 0.272 e. The molecule has 2 fully saturated rings. The van der Waals surface area contributed by atoms with Crippen molar-refractivity contribution in [1.29, 1.82) is 0 Å². The van der Waals surface area contributed by atoms with Gasteiger partial charge >= 0.3 is 0 Å². The summed E-state index contributed by atoms with van der Waals surface area (Å²) in [6.45, 7) is 7.82. The average molecular weight is 430 g/mol. The predicted octanol–water partition coefficient (Wildman–Crippen LogP) is 5.59. The second-order valence-electron chi connectivity index (χ2n) is 10.5. The van der Waals surface area contributed by atoms with Gasteiger partial charge < -0.3 is 9.64 Å². The number of carbonyl (C=O) groups excluding carboxylic acids is 1. The van der Waals surface area contributed by atoms with Gasteiger partial charge in [-0.15, -0.1) is 0 Å². The van der Waals surface area contributed by atoms with E-state index in [2.05, 4.69) is 25.7 Å². The summed E-state index contributed by atoms with van der Waals surface area (Å²) in [6.07, 6.45) is 3.30. The maximum atomic E-state index is 13.9. The molecule has 1 aromatic heterocycles. The first-order valence-electron chi connectivity index (χ1n) is 11.4. The summed E-state index contributed by atoms with van der Waals surface area (Å²) in [5.74, 6) is 0.843. The van der Waals surface area contributed by atoms with E-state index in [1.165, 1.54) is 0 Å². The summed E-state index contributed by atoms with van der Waals surface area (Å²) < 4.78 is 7.19. The summed E-state index contributed by atoms with van der Waals surface area (Å²) in [5.41, 5.74) is 3.65. The van der Waals surface area contributed by atoms with Crippen LogP contribution in [0.2, 0.25) is 0 Å². The Morgan fingerprint density at radius 3 is 2.56 bits per heavy atom. The maximum absolute atomic E-state index is 13.9. The third-order valence-corrected chi connectivity index (χ3v) is 6.97. The van der Waals surface area contributed by atoms with Crippen molar-refractivity contribution < 1.29 is 9.53 Å². The van der Waals surface area contributed by atoms with Crippen LogP contribution in [0.15, 0.2) is 60.7 Å². The molecule has 32 heavy (non-hydrogen) atoms. The van der Waals surface area contributed by atoms with Gasteiger partial charge in [0, 0.05) is 18.2 Å². The number of benzene rings is 2. The molecule has 2 aromatic carbocycles. The van der Waals surface area contributed by atoms with Gasteiger partial charge in [-0.3, -0.25) is 4.79 Å². The fourth-order valence-electron chi connectivity index (χ4n) is 6.07. The monoisotopic (exact) mass is 429 g/mol. The summed E-state index contributed by atoms with van der Waals surface area (Å²) >= 11 is 0. The minimum absolute atomic E-state index is 0.0712. The summed E-state index contributed by atoms with van der Waals surface area (Å²) in [6, 6.07) is 19.9. The Hall–Kier alpha value is -3.08. The summed E-state index contributed by atoms with van der Waals surface area (Å²) in [4.78, 5) is 16.1. The standard InChI is InChI=1S/C27H31N3O2/c1-26(2)15-21-16-27(3,17-26)18-29(21)25(31)24-14-23(19-9-8-12-22(13-19)32-4)28-30(24)20-10-6-5-7-11-20/h5-14,21H,15-18H2,1-4H3. The van der Waals surface area contributed by atoms with E-state index in [0.29, 0.717) is 5.69 Å². The first-order chi connectivity index (χ1) is 15.3. The molecule has 1 saturated carbocycles. The van der Waals surface area contributed by atoms with Gasteiger partial charge in [-0.05, 0) is 60.4 Å². The van der Waals surface area contributed by atoms with Crippen LogP contribution in [-0.2, 0) is 0 Å². The molecule has 2 heterocycles. The van der Waals surface area contributed by atoms with E-state index in [9.17, 15) is 4.79 Å². The van der Waals surface area contributed by atoms with Crippen LogP contribution in [0.3, 0.4) is 0 Å². The van der Waals surface area contributed by atoms with E-state index in [0.717, 1.165) is 48.5 Å². The van der Waals surface area contributed by atoms with Crippen LogP contribution >= 0.6 is 0 Å². The molecule has 166 valence electrons. The lowest BCUT2D eigenvalue weighted by Crippen LogP contribution is -2.38. The van der Waals surface area contributed by atoms with Crippen molar-refractivity contribution in [2.24, 2.45) is 10.8 Å². The van der Waals surface area contributed by atoms with E-state index >= 15 is 0 Å². The second kappa shape index (κ2) is 7.51. The number of methoxy groups -OCH3 is 1. The Labute approximate surface area is 190 Å². The van der Waals surface area contributed by atoms with Gasteiger partial charge in [-0.25, -0.2) is 4.68 Å². The normalized spacial score (nSPS) is 23.9. The Kier molecular flexibility index (Phi) is 4.88. The number of amides is 1. The van der Waals surface area contributed by atoms with Gasteiger partial charge in [0.05, 0.1) is 18.5 Å². The molecular weight excluding hydrogens is 398 g/mol. The van der Waals surface area contributed by atoms with Gasteiger partial charge in [0.2, 0.25) is 0 Å². The highest BCUT2D eigenvalue weighted by Gasteiger charge is 2.51. The lowest BCUT2D eigenvalue weighted by atomic mass is 9.65. The molecule has 0 radical (unpaired) electrons. The van der Waals surface area contributed by atoms with Crippen LogP contribution in [-0.4, -0.2) is 40.3 Å². The molecule has 1 aliphatic carbocycles. The molecule has 1 aliphatic heterocycles. The zero-order chi connectivity index (χ0) is 22.5. The molecule has 2 unspecified atom stereocenters. The smallest absolute Gasteiger partial charge is 0.272 e. The Morgan fingerprint density at radius 2 is 1.81 bits per heavy atom. The Bertz CT molecular complexity index is 1150. The molecule has 0 N–H and O–H groups in total. The fraction of sp³-hybridized carbons (Fsp3) is 0.407. The van der Waals surface area contributed by atoms with Crippen LogP contribution < -0.4 is 4.74 Å². The van der Waals surface area contributed by atoms with Crippen molar-refractivity contribution in [2.75, 3.05) is 13.7 Å². The Balaban J connectivity index is 1.57. The molecule has 3 aromatic rings. The molecule has 2 bridgehead atoms. The number of nitrogens with zero attached hydrogens (tertiary/aromatic N) is 3. The van der Waals surface area contributed by atoms with Gasteiger partial charge in [0.15, 0.2) is 0 Å². The van der Waals surface area contributed by atoms with E-state index in [1.807, 2.05) is 60.7 Å². The third kappa shape index (κ3) is 3.70. The van der Waals surface area contributed by atoms with E-state index in [1.54, 1.807) is 11.8 Å². The van der Waals surface area contributed by atoms with Gasteiger partial charge in [0.25, 0.3) is 5.91 Å². The van der Waals surface area contributed by atoms with Crippen molar-refractivity contribution in [2.45, 2.75) is 46.1 Å². The Morgan fingerprint density at radius 1 is 1.03 bits per heavy atom. The number of hydrogen-bond donors (Lipinski definition) is 0. The minimum Gasteiger partial charge on any atom is -0.497 e. The molecular formula is C27H31N3O2. The zero-order valence-corrected chi connectivity index (χ0v) is 19.3. The summed E-state index contributed by atoms with van der Waals surface area (Å²) in [7, 11) is 1.66. The van der Waals surface area contributed by atoms with Crippen LogP contribution in [0.4, 0.5) is 0 Å². The van der Waals surface area contributed by atoms with Crippen molar-refractivity contribution in [3.63, 3.8) is 0 Å². The average Bonchev–Trinajstić information content (AvgIpc) is 3.32. The molecule has 1 saturated heterocycles. The number of para-hydroxylation sites is 1. The first-order valence-corrected chi connectivity index (χ1v) is 11.4. The number of rotatable bonds is 4. The third-order valence-electron chi connectivity index (χ3n) is 6.97. The largest absolute Gasteiger partial charge is 0.497 e. The summed E-state index contributed by atoms with van der Waals surface area (Å²) in [5, 5.41) is 4.86. The zero-order valence-electron chi connectivity index (χ0n) is 19.3. The minimum atomic E-state index is 0.0712. The lowest BCUT2D eigenvalue weighted by molar-refractivity contribution is 0.0699. The van der Waals surface area contributed by atoms with Crippen molar-refractivity contribution in [1.82, 2.24) is 14.7 Å². The number of aromatic nitrogens is 2. The van der Waals surface area contributed by atoms with Gasteiger partial charge in [0.1, 0.15) is 11.4 Å². The molecule has 5 heteroatoms. The molecule has 1 amide bonds. The molecule has 0 spiro atoms. The number of likely N-dealkylation sites (tertiary alicyclic amines) is 1. The van der Waals surface area contributed by atoms with Gasteiger partial charge in [-0.1, -0.05) is 51.1 Å². The van der Waals surface area contributed by atoms with Crippen LogP contribution in [0, 0.1) is 10.8 Å². The number of fused-ring (bicyclic) bond motifs is 2. The molecule has 2 atom stereocenters. The highest BCUT2D eigenvalue weighted by Crippen LogP contribution is 2.52. The fourth-order valence-corrected chi connectivity index (χ4v) is 6.07. The SMILES string of the molecule is COc1cccc(-c2cc(C(=O)N3CC4(C)CC3CC(C)(C)C4)n(-c3ccccc3)n2)c1. The molecule has 5 nitrogen and oxygen atoms in total. The molecule has 2 aliphatic rings. The van der Waals surface area contributed by atoms with E-state index in [4.69, 9.17) is 9.84 Å². The van der Waals surface area contributed by atoms with Crippen LogP contribution in [0.5, 0.6) is 5.75 Å².